The van der Waals surface area contributed by atoms with Crippen LogP contribution >= 0.6 is 11.3 Å². The van der Waals surface area contributed by atoms with Crippen LogP contribution in [-0.2, 0) is 0 Å². The molecule has 0 radical (unpaired) electrons. The summed E-state index contributed by atoms with van der Waals surface area (Å²) in [6.45, 7) is 5.52. The molecule has 3 aromatic rings. The number of rotatable bonds is 5. The summed E-state index contributed by atoms with van der Waals surface area (Å²) >= 11 is 1.41. The van der Waals surface area contributed by atoms with E-state index in [2.05, 4.69) is 15.5 Å². The second kappa shape index (κ2) is 7.40. The van der Waals surface area contributed by atoms with Gasteiger partial charge < -0.3 is 5.32 Å². The highest BCUT2D eigenvalue weighted by molar-refractivity contribution is 7.19. The average molecular weight is 349 g/mol. The molecule has 0 saturated carbocycles. The van der Waals surface area contributed by atoms with E-state index in [4.69, 9.17) is 0 Å². The monoisotopic (exact) mass is 349 g/mol. The van der Waals surface area contributed by atoms with Gasteiger partial charge in [0.1, 0.15) is 10.7 Å². The van der Waals surface area contributed by atoms with E-state index in [1.807, 2.05) is 68.4 Å². The largest absolute Gasteiger partial charge is 0.345 e. The van der Waals surface area contributed by atoms with E-state index in [1.165, 1.54) is 16.9 Å². The summed E-state index contributed by atoms with van der Waals surface area (Å²) in [5, 5.41) is 12.9. The molecule has 126 valence electrons. The Morgan fingerprint density at radius 3 is 2.28 bits per heavy atom. The van der Waals surface area contributed by atoms with Gasteiger partial charge in [-0.2, -0.15) is 5.11 Å². The van der Waals surface area contributed by atoms with Crippen LogP contribution in [0.15, 0.2) is 64.8 Å². The molecule has 3 rings (SSSR count). The number of thiophene rings is 1. The van der Waals surface area contributed by atoms with E-state index in [9.17, 15) is 4.79 Å². The van der Waals surface area contributed by atoms with Gasteiger partial charge in [0.2, 0.25) is 0 Å². The van der Waals surface area contributed by atoms with Crippen LogP contribution in [0.1, 0.15) is 27.7 Å². The molecule has 0 saturated heterocycles. The summed E-state index contributed by atoms with van der Waals surface area (Å²) in [5.41, 5.74) is 4.47. The summed E-state index contributed by atoms with van der Waals surface area (Å²) in [5.74, 6) is 0.0374. The van der Waals surface area contributed by atoms with E-state index in [0.717, 1.165) is 21.9 Å². The minimum atomic E-state index is 0.0374. The molecule has 0 aliphatic carbocycles. The van der Waals surface area contributed by atoms with Crippen LogP contribution in [0.4, 0.5) is 22.1 Å². The summed E-state index contributed by atoms with van der Waals surface area (Å²) < 4.78 is 0. The molecule has 1 heterocycles. The summed E-state index contributed by atoms with van der Waals surface area (Å²) in [6.07, 6.45) is 0. The van der Waals surface area contributed by atoms with Crippen LogP contribution in [0.5, 0.6) is 0 Å². The van der Waals surface area contributed by atoms with Crippen LogP contribution in [0.3, 0.4) is 0 Å². The van der Waals surface area contributed by atoms with E-state index >= 15 is 0 Å². The summed E-state index contributed by atoms with van der Waals surface area (Å²) in [7, 11) is 0. The van der Waals surface area contributed by atoms with Crippen molar-refractivity contribution >= 4 is 39.2 Å². The van der Waals surface area contributed by atoms with Gasteiger partial charge in [-0.1, -0.05) is 35.9 Å². The molecule has 0 aliphatic heterocycles. The van der Waals surface area contributed by atoms with E-state index in [-0.39, 0.29) is 5.78 Å². The van der Waals surface area contributed by atoms with Crippen LogP contribution in [0.25, 0.3) is 0 Å². The number of carbonyl (C=O) groups excluding carboxylic acids is 1. The molecule has 1 aromatic heterocycles. The standard InChI is InChI=1S/C20H19N3OS/c1-13-9-11-17(12-10-13)22-23-18-14(2)19(15(3)24)25-20(18)21-16-7-5-4-6-8-16/h4-12,21H,1-3H3. The van der Waals surface area contributed by atoms with Gasteiger partial charge in [-0.15, -0.1) is 16.5 Å². The third kappa shape index (κ3) is 4.00. The van der Waals surface area contributed by atoms with Crippen LogP contribution < -0.4 is 5.32 Å². The minimum absolute atomic E-state index is 0.0374. The maximum Gasteiger partial charge on any atom is 0.170 e. The number of anilines is 2. The summed E-state index contributed by atoms with van der Waals surface area (Å²) in [4.78, 5) is 12.6. The lowest BCUT2D eigenvalue weighted by Crippen LogP contribution is -1.88. The molecular formula is C20H19N3OS. The lowest BCUT2D eigenvalue weighted by atomic mass is 10.2. The Balaban J connectivity index is 1.98. The smallest absolute Gasteiger partial charge is 0.170 e. The number of azo groups is 1. The first kappa shape index (κ1) is 17.0. The maximum atomic E-state index is 11.9. The van der Waals surface area contributed by atoms with Gasteiger partial charge in [-0.05, 0) is 45.0 Å². The Morgan fingerprint density at radius 1 is 0.960 bits per heavy atom. The Hall–Kier alpha value is -2.79. The first-order chi connectivity index (χ1) is 12.0. The van der Waals surface area contributed by atoms with E-state index in [0.29, 0.717) is 10.6 Å². The molecule has 0 spiro atoms. The normalized spacial score (nSPS) is 11.0. The van der Waals surface area contributed by atoms with Gasteiger partial charge in [0, 0.05) is 11.3 Å². The molecule has 0 aliphatic rings. The lowest BCUT2D eigenvalue weighted by molar-refractivity contribution is 0.102. The number of nitrogens with zero attached hydrogens (tertiary/aromatic N) is 2. The number of hydrogen-bond donors (Lipinski definition) is 1. The SMILES string of the molecule is CC(=O)c1sc(Nc2ccccc2)c(N=Nc2ccc(C)cc2)c1C. The highest BCUT2D eigenvalue weighted by Gasteiger charge is 2.18. The highest BCUT2D eigenvalue weighted by Crippen LogP contribution is 2.42. The predicted octanol–water partition coefficient (Wildman–Crippen LogP) is 6.73. The molecule has 5 heteroatoms. The van der Waals surface area contributed by atoms with Crippen molar-refractivity contribution in [1.82, 2.24) is 0 Å². The predicted molar refractivity (Wildman–Crippen MR) is 104 cm³/mol. The maximum absolute atomic E-state index is 11.9. The first-order valence-corrected chi connectivity index (χ1v) is 8.81. The molecule has 4 nitrogen and oxygen atoms in total. The third-order valence-corrected chi connectivity index (χ3v) is 5.06. The van der Waals surface area contributed by atoms with Gasteiger partial charge in [0.15, 0.2) is 5.78 Å². The molecule has 2 aromatic carbocycles. The Bertz CT molecular complexity index is 912. The number of ketones is 1. The van der Waals surface area contributed by atoms with Crippen LogP contribution in [-0.4, -0.2) is 5.78 Å². The number of Topliss-reactive ketones (excluding diaryl/α,β-unsaturated/α-hetero) is 1. The Labute approximate surface area is 151 Å². The third-order valence-electron chi connectivity index (χ3n) is 3.77. The van der Waals surface area contributed by atoms with E-state index in [1.54, 1.807) is 6.92 Å². The van der Waals surface area contributed by atoms with Crippen LogP contribution in [0, 0.1) is 13.8 Å². The van der Waals surface area contributed by atoms with Gasteiger partial charge in [0.25, 0.3) is 0 Å². The second-order valence-corrected chi connectivity index (χ2v) is 6.84. The fourth-order valence-corrected chi connectivity index (χ4v) is 3.47. The molecule has 1 N–H and O–H groups in total. The van der Waals surface area contributed by atoms with Crippen molar-refractivity contribution in [3.63, 3.8) is 0 Å². The molecule has 0 bridgehead atoms. The average Bonchev–Trinajstić information content (AvgIpc) is 2.91. The fourth-order valence-electron chi connectivity index (χ4n) is 2.42. The second-order valence-electron chi connectivity index (χ2n) is 5.82. The van der Waals surface area contributed by atoms with Gasteiger partial charge in [-0.3, -0.25) is 4.79 Å². The molecule has 0 amide bonds. The van der Waals surface area contributed by atoms with Crippen molar-refractivity contribution in [1.29, 1.82) is 0 Å². The van der Waals surface area contributed by atoms with Crippen molar-refractivity contribution < 1.29 is 4.79 Å². The summed E-state index contributed by atoms with van der Waals surface area (Å²) in [6, 6.07) is 17.7. The minimum Gasteiger partial charge on any atom is -0.345 e. The molecule has 0 unspecified atom stereocenters. The quantitative estimate of drug-likeness (QED) is 0.410. The van der Waals surface area contributed by atoms with Crippen molar-refractivity contribution in [2.75, 3.05) is 5.32 Å². The van der Waals surface area contributed by atoms with Crippen molar-refractivity contribution in [2.45, 2.75) is 20.8 Å². The molecule has 0 fully saturated rings. The topological polar surface area (TPSA) is 53.8 Å². The Kier molecular flexibility index (Phi) is 5.05. The number of nitrogens with one attached hydrogen (secondary N) is 1. The van der Waals surface area contributed by atoms with Gasteiger partial charge in [0.05, 0.1) is 10.6 Å². The van der Waals surface area contributed by atoms with Gasteiger partial charge in [-0.25, -0.2) is 0 Å². The zero-order valence-electron chi connectivity index (χ0n) is 14.4. The zero-order valence-corrected chi connectivity index (χ0v) is 15.2. The molecular weight excluding hydrogens is 330 g/mol. The van der Waals surface area contributed by atoms with Crippen LogP contribution in [0.2, 0.25) is 0 Å². The van der Waals surface area contributed by atoms with Crippen molar-refractivity contribution in [3.8, 4) is 0 Å². The number of aryl methyl sites for hydroxylation is 1. The number of hydrogen-bond acceptors (Lipinski definition) is 5. The highest BCUT2D eigenvalue weighted by atomic mass is 32.1. The molecule has 25 heavy (non-hydrogen) atoms. The zero-order chi connectivity index (χ0) is 17.8. The first-order valence-electron chi connectivity index (χ1n) is 7.99. The number of benzene rings is 2. The Morgan fingerprint density at radius 2 is 1.64 bits per heavy atom. The number of para-hydroxylation sites is 1. The van der Waals surface area contributed by atoms with Gasteiger partial charge >= 0.3 is 0 Å². The van der Waals surface area contributed by atoms with Crippen molar-refractivity contribution in [3.05, 3.63) is 70.6 Å². The lowest BCUT2D eigenvalue weighted by Gasteiger charge is -2.04. The fraction of sp³-hybridized carbons (Fsp3) is 0.150. The number of carbonyl (C=O) groups is 1. The van der Waals surface area contributed by atoms with Crippen molar-refractivity contribution in [2.24, 2.45) is 10.2 Å². The van der Waals surface area contributed by atoms with E-state index < -0.39 is 0 Å². The molecule has 0 atom stereocenters.